The van der Waals surface area contributed by atoms with Gasteiger partial charge >= 0.3 is 0 Å². The average Bonchev–Trinajstić information content (AvgIpc) is 3.10. The molecule has 3 rings (SSSR count). The monoisotopic (exact) mass is 351 g/mol. The van der Waals surface area contributed by atoms with E-state index in [-0.39, 0.29) is 24.8 Å². The van der Waals surface area contributed by atoms with Crippen molar-refractivity contribution in [2.75, 3.05) is 39.8 Å². The summed E-state index contributed by atoms with van der Waals surface area (Å²) in [5, 5.41) is 3.39. The number of halogens is 2. The van der Waals surface area contributed by atoms with Crippen LogP contribution >= 0.6 is 24.8 Å². The lowest BCUT2D eigenvalue weighted by Gasteiger charge is -2.32. The van der Waals surface area contributed by atoms with Gasteiger partial charge in [-0.25, -0.2) is 0 Å². The molecule has 6 heteroatoms. The first-order valence-corrected chi connectivity index (χ1v) is 8.37. The molecule has 1 amide bonds. The molecule has 0 bridgehead atoms. The maximum absolute atomic E-state index is 12.5. The Bertz CT molecular complexity index is 355. The van der Waals surface area contributed by atoms with Crippen LogP contribution in [0.5, 0.6) is 0 Å². The minimum atomic E-state index is 0. The molecule has 4 nitrogen and oxygen atoms in total. The second-order valence-electron chi connectivity index (χ2n) is 7.17. The van der Waals surface area contributed by atoms with Gasteiger partial charge in [-0.2, -0.15) is 0 Å². The SMILES string of the molecule is CN(CC(=O)N1CCC2(CCCC2)C1)C1CCNCC1.Cl.Cl. The molecule has 2 heterocycles. The van der Waals surface area contributed by atoms with Crippen molar-refractivity contribution >= 4 is 30.7 Å². The van der Waals surface area contributed by atoms with E-state index in [1.54, 1.807) is 0 Å². The van der Waals surface area contributed by atoms with E-state index in [9.17, 15) is 4.79 Å². The number of piperidine rings is 1. The second kappa shape index (κ2) is 8.72. The van der Waals surface area contributed by atoms with Gasteiger partial charge in [-0.15, -0.1) is 24.8 Å². The Labute approximate surface area is 147 Å². The van der Waals surface area contributed by atoms with Crippen molar-refractivity contribution in [3.8, 4) is 0 Å². The molecule has 1 spiro atoms. The number of nitrogens with one attached hydrogen (secondary N) is 1. The molecule has 3 fully saturated rings. The molecule has 0 aromatic carbocycles. The van der Waals surface area contributed by atoms with E-state index in [2.05, 4.69) is 22.2 Å². The van der Waals surface area contributed by atoms with Crippen molar-refractivity contribution in [3.05, 3.63) is 0 Å². The van der Waals surface area contributed by atoms with E-state index < -0.39 is 0 Å². The van der Waals surface area contributed by atoms with Crippen LogP contribution < -0.4 is 5.32 Å². The Morgan fingerprint density at radius 1 is 1.18 bits per heavy atom. The lowest BCUT2D eigenvalue weighted by molar-refractivity contribution is -0.132. The number of carbonyl (C=O) groups excluding carboxylic acids is 1. The van der Waals surface area contributed by atoms with Gasteiger partial charge in [0, 0.05) is 19.1 Å². The fourth-order valence-corrected chi connectivity index (χ4v) is 4.37. The molecule has 1 N–H and O–H groups in total. The van der Waals surface area contributed by atoms with Gasteiger partial charge in [0.05, 0.1) is 6.54 Å². The molecular weight excluding hydrogens is 321 g/mol. The van der Waals surface area contributed by atoms with Gasteiger partial charge in [-0.1, -0.05) is 12.8 Å². The van der Waals surface area contributed by atoms with Crippen LogP contribution in [0.4, 0.5) is 0 Å². The minimum Gasteiger partial charge on any atom is -0.341 e. The maximum atomic E-state index is 12.5. The Morgan fingerprint density at radius 2 is 1.82 bits per heavy atom. The highest BCUT2D eigenvalue weighted by Gasteiger charge is 2.41. The van der Waals surface area contributed by atoms with Crippen LogP contribution in [-0.4, -0.2) is 61.5 Å². The molecule has 0 radical (unpaired) electrons. The number of likely N-dealkylation sites (N-methyl/N-ethyl adjacent to an activating group) is 1. The predicted octanol–water partition coefficient (Wildman–Crippen LogP) is 2.31. The van der Waals surface area contributed by atoms with E-state index >= 15 is 0 Å². The van der Waals surface area contributed by atoms with Crippen molar-refractivity contribution < 1.29 is 4.79 Å². The Kier molecular flexibility index (Phi) is 7.93. The van der Waals surface area contributed by atoms with Gasteiger partial charge in [0.1, 0.15) is 0 Å². The lowest BCUT2D eigenvalue weighted by atomic mass is 9.86. The summed E-state index contributed by atoms with van der Waals surface area (Å²) in [6, 6.07) is 0.586. The third-order valence-corrected chi connectivity index (χ3v) is 5.77. The number of likely N-dealkylation sites (tertiary alicyclic amines) is 1. The molecule has 1 saturated carbocycles. The first kappa shape index (κ1) is 20.0. The van der Waals surface area contributed by atoms with E-state index in [0.717, 1.165) is 26.2 Å². The zero-order chi connectivity index (χ0) is 14.0. The zero-order valence-electron chi connectivity index (χ0n) is 13.7. The van der Waals surface area contributed by atoms with Crippen molar-refractivity contribution in [3.63, 3.8) is 0 Å². The Hall–Kier alpha value is -0.0300. The summed E-state index contributed by atoms with van der Waals surface area (Å²) in [6.07, 6.45) is 9.03. The highest BCUT2D eigenvalue weighted by Crippen LogP contribution is 2.45. The van der Waals surface area contributed by atoms with Crippen molar-refractivity contribution in [1.29, 1.82) is 0 Å². The molecule has 1 aliphatic carbocycles. The van der Waals surface area contributed by atoms with Gasteiger partial charge in [0.25, 0.3) is 0 Å². The highest BCUT2D eigenvalue weighted by molar-refractivity contribution is 5.85. The van der Waals surface area contributed by atoms with Crippen molar-refractivity contribution in [1.82, 2.24) is 15.1 Å². The standard InChI is InChI=1S/C16H29N3O.2ClH/c1-18(14-4-9-17-10-5-14)12-15(20)19-11-8-16(13-19)6-2-3-7-16;;/h14,17H,2-13H2,1H3;2*1H. The van der Waals surface area contributed by atoms with Crippen LogP contribution in [0.3, 0.4) is 0 Å². The summed E-state index contributed by atoms with van der Waals surface area (Å²) in [4.78, 5) is 16.9. The van der Waals surface area contributed by atoms with E-state index in [0.29, 0.717) is 23.9 Å². The smallest absolute Gasteiger partial charge is 0.236 e. The first-order chi connectivity index (χ1) is 9.69. The molecule has 22 heavy (non-hydrogen) atoms. The van der Waals surface area contributed by atoms with Crippen LogP contribution in [0, 0.1) is 5.41 Å². The van der Waals surface area contributed by atoms with Crippen LogP contribution in [-0.2, 0) is 4.79 Å². The summed E-state index contributed by atoms with van der Waals surface area (Å²) < 4.78 is 0. The molecule has 0 unspecified atom stereocenters. The molecule has 2 aliphatic heterocycles. The molecular formula is C16H31Cl2N3O. The number of nitrogens with zero attached hydrogens (tertiary/aromatic N) is 2. The fraction of sp³-hybridized carbons (Fsp3) is 0.938. The molecule has 130 valence electrons. The largest absolute Gasteiger partial charge is 0.341 e. The summed E-state index contributed by atoms with van der Waals surface area (Å²) in [5.41, 5.74) is 0.503. The first-order valence-electron chi connectivity index (χ1n) is 8.37. The average molecular weight is 352 g/mol. The molecule has 0 aromatic heterocycles. The van der Waals surface area contributed by atoms with E-state index in [4.69, 9.17) is 0 Å². The highest BCUT2D eigenvalue weighted by atomic mass is 35.5. The van der Waals surface area contributed by atoms with Gasteiger partial charge < -0.3 is 10.2 Å². The summed E-state index contributed by atoms with van der Waals surface area (Å²) in [7, 11) is 2.12. The third kappa shape index (κ3) is 4.50. The molecule has 3 aliphatic rings. The number of amides is 1. The van der Waals surface area contributed by atoms with Gasteiger partial charge in [-0.05, 0) is 57.7 Å². The van der Waals surface area contributed by atoms with Gasteiger partial charge in [0.15, 0.2) is 0 Å². The maximum Gasteiger partial charge on any atom is 0.236 e. The normalized spacial score (nSPS) is 24.4. The van der Waals surface area contributed by atoms with E-state index in [1.807, 2.05) is 0 Å². The Balaban J connectivity index is 0.00000121. The molecule has 0 atom stereocenters. The van der Waals surface area contributed by atoms with Gasteiger partial charge in [0.2, 0.25) is 5.91 Å². The topological polar surface area (TPSA) is 35.6 Å². The van der Waals surface area contributed by atoms with Crippen molar-refractivity contribution in [2.45, 2.75) is 51.0 Å². The summed E-state index contributed by atoms with van der Waals surface area (Å²) >= 11 is 0. The van der Waals surface area contributed by atoms with Crippen LogP contribution in [0.2, 0.25) is 0 Å². The number of rotatable bonds is 3. The predicted molar refractivity (Wildman–Crippen MR) is 95.1 cm³/mol. The molecule has 2 saturated heterocycles. The summed E-state index contributed by atoms with van der Waals surface area (Å²) in [6.45, 7) is 4.83. The quantitative estimate of drug-likeness (QED) is 0.847. The third-order valence-electron chi connectivity index (χ3n) is 5.77. The number of hydrogen-bond donors (Lipinski definition) is 1. The second-order valence-corrected chi connectivity index (χ2v) is 7.17. The zero-order valence-corrected chi connectivity index (χ0v) is 15.3. The number of carbonyl (C=O) groups is 1. The van der Waals surface area contributed by atoms with Crippen LogP contribution in [0.15, 0.2) is 0 Å². The van der Waals surface area contributed by atoms with Gasteiger partial charge in [-0.3, -0.25) is 9.69 Å². The van der Waals surface area contributed by atoms with Crippen LogP contribution in [0.1, 0.15) is 44.9 Å². The van der Waals surface area contributed by atoms with Crippen LogP contribution in [0.25, 0.3) is 0 Å². The lowest BCUT2D eigenvalue weighted by Crippen LogP contribution is -2.46. The summed E-state index contributed by atoms with van der Waals surface area (Å²) in [5.74, 6) is 0.356. The molecule has 0 aromatic rings. The van der Waals surface area contributed by atoms with E-state index in [1.165, 1.54) is 44.9 Å². The number of hydrogen-bond acceptors (Lipinski definition) is 3. The Morgan fingerprint density at radius 3 is 2.45 bits per heavy atom. The van der Waals surface area contributed by atoms with Crippen molar-refractivity contribution in [2.24, 2.45) is 5.41 Å². The minimum absolute atomic E-state index is 0. The fourth-order valence-electron chi connectivity index (χ4n) is 4.37.